The molecule has 1 aromatic rings. The third-order valence-electron chi connectivity index (χ3n) is 4.43. The van der Waals surface area contributed by atoms with Gasteiger partial charge in [-0.3, -0.25) is 0 Å². The molecule has 1 N–H and O–H groups in total. The second-order valence-corrected chi connectivity index (χ2v) is 6.28. The molecule has 1 aliphatic rings. The first-order valence-corrected chi connectivity index (χ1v) is 8.78. The minimum absolute atomic E-state index is 0.209. The van der Waals surface area contributed by atoms with Gasteiger partial charge in [0.15, 0.2) is 0 Å². The minimum atomic E-state index is -0.209. The van der Waals surface area contributed by atoms with Crippen molar-refractivity contribution in [3.05, 3.63) is 35.9 Å². The molecular weight excluding hydrogens is 274 g/mol. The van der Waals surface area contributed by atoms with Gasteiger partial charge in [-0.1, -0.05) is 38.0 Å². The number of hydrogen-bond acceptors (Lipinski definition) is 3. The fourth-order valence-corrected chi connectivity index (χ4v) is 3.12. The molecule has 0 saturated carbocycles. The van der Waals surface area contributed by atoms with E-state index in [-0.39, 0.29) is 5.97 Å². The lowest BCUT2D eigenvalue weighted by atomic mass is 10.1. The Hall–Kier alpha value is -1.35. The summed E-state index contributed by atoms with van der Waals surface area (Å²) < 4.78 is 5.31. The highest BCUT2D eigenvalue weighted by atomic mass is 16.5. The van der Waals surface area contributed by atoms with Crippen LogP contribution in [0.4, 0.5) is 0 Å². The van der Waals surface area contributed by atoms with Gasteiger partial charge in [-0.15, -0.1) is 0 Å². The smallest absolute Gasteiger partial charge is 0.338 e. The Bertz CT molecular complexity index is 432. The molecule has 1 aromatic carbocycles. The Morgan fingerprint density at radius 3 is 2.45 bits per heavy atom. The van der Waals surface area contributed by atoms with E-state index in [0.717, 1.165) is 18.9 Å². The van der Waals surface area contributed by atoms with E-state index >= 15 is 0 Å². The largest absolute Gasteiger partial charge is 0.462 e. The quantitative estimate of drug-likeness (QED) is 0.545. The number of carbonyl (C=O) groups excluding carboxylic acids is 1. The normalized spacial score (nSPS) is 21.0. The Morgan fingerprint density at radius 1 is 1.09 bits per heavy atom. The molecule has 1 heterocycles. The van der Waals surface area contributed by atoms with Gasteiger partial charge < -0.3 is 10.1 Å². The minimum Gasteiger partial charge on any atom is -0.462 e. The van der Waals surface area contributed by atoms with Crippen LogP contribution in [0, 0.1) is 0 Å². The number of unbranched alkanes of at least 4 members (excludes halogenated alkanes) is 2. The predicted molar refractivity (Wildman–Crippen MR) is 90.0 cm³/mol. The highest BCUT2D eigenvalue weighted by Crippen LogP contribution is 2.20. The molecule has 0 aliphatic carbocycles. The molecule has 0 unspecified atom stereocenters. The van der Waals surface area contributed by atoms with Crippen LogP contribution in [0.15, 0.2) is 30.3 Å². The van der Waals surface area contributed by atoms with Crippen molar-refractivity contribution in [3.63, 3.8) is 0 Å². The van der Waals surface area contributed by atoms with Crippen molar-refractivity contribution >= 4 is 5.97 Å². The molecule has 0 aromatic heterocycles. The van der Waals surface area contributed by atoms with Gasteiger partial charge in [-0.25, -0.2) is 4.79 Å². The standard InChI is InChI=1S/C19H29NO2/c1-2-3-11-17-13-14-18(20-17)12-7-8-15-22-19(21)16-9-5-4-6-10-16/h4-6,9-10,17-18,20H,2-3,7-8,11-15H2,1H3/t17-,18-/m0/s1. The van der Waals surface area contributed by atoms with Gasteiger partial charge in [0.1, 0.15) is 0 Å². The molecule has 0 amide bonds. The SMILES string of the molecule is CCCC[C@H]1CC[C@H](CCCCOC(=O)c2ccccc2)N1. The average Bonchev–Trinajstić information content (AvgIpc) is 3.01. The van der Waals surface area contributed by atoms with E-state index in [1.54, 1.807) is 12.1 Å². The number of carbonyl (C=O) groups is 1. The topological polar surface area (TPSA) is 38.3 Å². The van der Waals surface area contributed by atoms with Crippen LogP contribution in [0.1, 0.15) is 68.6 Å². The van der Waals surface area contributed by atoms with Crippen LogP contribution in [0.5, 0.6) is 0 Å². The summed E-state index contributed by atoms with van der Waals surface area (Å²) in [6, 6.07) is 10.6. The summed E-state index contributed by atoms with van der Waals surface area (Å²) in [5.74, 6) is -0.209. The number of benzene rings is 1. The van der Waals surface area contributed by atoms with Gasteiger partial charge in [0, 0.05) is 12.1 Å². The van der Waals surface area contributed by atoms with Crippen molar-refractivity contribution in [3.8, 4) is 0 Å². The number of nitrogens with one attached hydrogen (secondary N) is 1. The van der Waals surface area contributed by atoms with E-state index < -0.39 is 0 Å². The maximum atomic E-state index is 11.8. The van der Waals surface area contributed by atoms with E-state index in [2.05, 4.69) is 12.2 Å². The molecule has 122 valence electrons. The predicted octanol–water partition coefficient (Wildman–Crippen LogP) is 4.32. The highest BCUT2D eigenvalue weighted by Gasteiger charge is 2.22. The lowest BCUT2D eigenvalue weighted by molar-refractivity contribution is 0.0497. The van der Waals surface area contributed by atoms with Gasteiger partial charge in [0.25, 0.3) is 0 Å². The number of ether oxygens (including phenoxy) is 1. The van der Waals surface area contributed by atoms with E-state index in [1.165, 1.54) is 38.5 Å². The number of esters is 1. The molecule has 22 heavy (non-hydrogen) atoms. The van der Waals surface area contributed by atoms with E-state index in [1.807, 2.05) is 18.2 Å². The second kappa shape index (κ2) is 9.62. The molecule has 1 aliphatic heterocycles. The fraction of sp³-hybridized carbons (Fsp3) is 0.632. The van der Waals surface area contributed by atoms with Gasteiger partial charge in [0.2, 0.25) is 0 Å². The molecular formula is C19H29NO2. The van der Waals surface area contributed by atoms with Crippen molar-refractivity contribution in [2.24, 2.45) is 0 Å². The van der Waals surface area contributed by atoms with Crippen LogP contribution >= 0.6 is 0 Å². The third-order valence-corrected chi connectivity index (χ3v) is 4.43. The lowest BCUT2D eigenvalue weighted by Crippen LogP contribution is -2.29. The molecule has 2 atom stereocenters. The Morgan fingerprint density at radius 2 is 1.77 bits per heavy atom. The average molecular weight is 303 g/mol. The second-order valence-electron chi connectivity index (χ2n) is 6.28. The Balaban J connectivity index is 1.52. The first-order valence-electron chi connectivity index (χ1n) is 8.78. The van der Waals surface area contributed by atoms with Crippen LogP contribution in [0.3, 0.4) is 0 Å². The van der Waals surface area contributed by atoms with Crippen molar-refractivity contribution in [2.45, 2.75) is 70.4 Å². The zero-order valence-corrected chi connectivity index (χ0v) is 13.7. The summed E-state index contributed by atoms with van der Waals surface area (Å²) in [6.07, 6.45) is 9.85. The van der Waals surface area contributed by atoms with Gasteiger partial charge in [0.05, 0.1) is 12.2 Å². The zero-order valence-electron chi connectivity index (χ0n) is 13.7. The van der Waals surface area contributed by atoms with Crippen LogP contribution in [0.25, 0.3) is 0 Å². The lowest BCUT2D eigenvalue weighted by Gasteiger charge is -2.14. The van der Waals surface area contributed by atoms with Crippen LogP contribution in [-0.2, 0) is 4.74 Å². The van der Waals surface area contributed by atoms with Crippen LogP contribution in [-0.4, -0.2) is 24.7 Å². The molecule has 0 radical (unpaired) electrons. The summed E-state index contributed by atoms with van der Waals surface area (Å²) in [6.45, 7) is 2.78. The molecule has 3 nitrogen and oxygen atoms in total. The monoisotopic (exact) mass is 303 g/mol. The number of rotatable bonds is 9. The zero-order chi connectivity index (χ0) is 15.6. The van der Waals surface area contributed by atoms with Gasteiger partial charge in [-0.05, 0) is 50.7 Å². The maximum absolute atomic E-state index is 11.8. The Labute approximate surface area is 134 Å². The van der Waals surface area contributed by atoms with Crippen molar-refractivity contribution in [1.82, 2.24) is 5.32 Å². The van der Waals surface area contributed by atoms with E-state index in [4.69, 9.17) is 4.74 Å². The summed E-state index contributed by atoms with van der Waals surface area (Å²) in [7, 11) is 0. The molecule has 1 fully saturated rings. The van der Waals surface area contributed by atoms with Crippen molar-refractivity contribution in [2.75, 3.05) is 6.61 Å². The van der Waals surface area contributed by atoms with Gasteiger partial charge >= 0.3 is 5.97 Å². The molecule has 0 spiro atoms. The maximum Gasteiger partial charge on any atom is 0.338 e. The molecule has 3 heteroatoms. The van der Waals surface area contributed by atoms with Crippen molar-refractivity contribution in [1.29, 1.82) is 0 Å². The van der Waals surface area contributed by atoms with Crippen LogP contribution < -0.4 is 5.32 Å². The van der Waals surface area contributed by atoms with E-state index in [0.29, 0.717) is 18.2 Å². The van der Waals surface area contributed by atoms with Crippen LogP contribution in [0.2, 0.25) is 0 Å². The molecule has 0 bridgehead atoms. The summed E-state index contributed by atoms with van der Waals surface area (Å²) in [4.78, 5) is 11.8. The molecule has 1 saturated heterocycles. The van der Waals surface area contributed by atoms with Crippen molar-refractivity contribution < 1.29 is 9.53 Å². The van der Waals surface area contributed by atoms with Gasteiger partial charge in [-0.2, -0.15) is 0 Å². The molecule has 2 rings (SSSR count). The number of hydrogen-bond donors (Lipinski definition) is 1. The summed E-state index contributed by atoms with van der Waals surface area (Å²) >= 11 is 0. The van der Waals surface area contributed by atoms with E-state index in [9.17, 15) is 4.79 Å². The highest BCUT2D eigenvalue weighted by molar-refractivity contribution is 5.89. The third kappa shape index (κ3) is 5.80. The summed E-state index contributed by atoms with van der Waals surface area (Å²) in [5.41, 5.74) is 0.638. The summed E-state index contributed by atoms with van der Waals surface area (Å²) in [5, 5.41) is 3.74. The Kier molecular flexibility index (Phi) is 7.44. The first-order chi connectivity index (χ1) is 10.8. The fourth-order valence-electron chi connectivity index (χ4n) is 3.12. The first kappa shape index (κ1) is 17.0.